The van der Waals surface area contributed by atoms with Crippen LogP contribution in [-0.4, -0.2) is 18.5 Å². The summed E-state index contributed by atoms with van der Waals surface area (Å²) >= 11 is 0. The third-order valence-electron chi connectivity index (χ3n) is 2.50. The van der Waals surface area contributed by atoms with Crippen molar-refractivity contribution in [3.05, 3.63) is 23.8 Å². The van der Waals surface area contributed by atoms with Gasteiger partial charge in [-0.25, -0.2) is 0 Å². The predicted molar refractivity (Wildman–Crippen MR) is 55.8 cm³/mol. The van der Waals surface area contributed by atoms with Gasteiger partial charge in [-0.3, -0.25) is 0 Å². The van der Waals surface area contributed by atoms with Gasteiger partial charge in [0.25, 0.3) is 0 Å². The first-order chi connectivity index (χ1) is 7.31. The maximum absolute atomic E-state index is 8.72. The molecule has 0 aromatic heterocycles. The normalized spacial score (nSPS) is 15.3. The molecule has 0 bridgehead atoms. The zero-order valence-corrected chi connectivity index (χ0v) is 8.48. The SMILES string of the molecule is NC(CCCO)c1ccc2c(c1)OCO2. The van der Waals surface area contributed by atoms with E-state index in [1.165, 1.54) is 0 Å². The Balaban J connectivity index is 2.08. The Morgan fingerprint density at radius 1 is 1.33 bits per heavy atom. The van der Waals surface area contributed by atoms with Gasteiger partial charge in [0.1, 0.15) is 0 Å². The molecule has 1 aliphatic rings. The molecule has 0 aliphatic carbocycles. The lowest BCUT2D eigenvalue weighted by atomic mass is 10.0. The monoisotopic (exact) mass is 209 g/mol. The summed E-state index contributed by atoms with van der Waals surface area (Å²) in [4.78, 5) is 0. The quantitative estimate of drug-likeness (QED) is 0.781. The molecule has 1 aromatic rings. The van der Waals surface area contributed by atoms with Gasteiger partial charge in [-0.1, -0.05) is 6.07 Å². The van der Waals surface area contributed by atoms with Crippen molar-refractivity contribution in [1.29, 1.82) is 0 Å². The maximum atomic E-state index is 8.72. The Hall–Kier alpha value is -1.26. The van der Waals surface area contributed by atoms with Crippen molar-refractivity contribution in [3.63, 3.8) is 0 Å². The van der Waals surface area contributed by atoms with Crippen LogP contribution in [0.3, 0.4) is 0 Å². The first-order valence-electron chi connectivity index (χ1n) is 5.07. The number of aliphatic hydroxyl groups is 1. The molecule has 1 atom stereocenters. The smallest absolute Gasteiger partial charge is 0.231 e. The van der Waals surface area contributed by atoms with Gasteiger partial charge in [0.15, 0.2) is 11.5 Å². The van der Waals surface area contributed by atoms with Gasteiger partial charge < -0.3 is 20.3 Å². The average Bonchev–Trinajstić information content (AvgIpc) is 2.72. The summed E-state index contributed by atoms with van der Waals surface area (Å²) < 4.78 is 10.5. The van der Waals surface area contributed by atoms with Gasteiger partial charge in [-0.2, -0.15) is 0 Å². The Labute approximate surface area is 88.6 Å². The molecule has 0 radical (unpaired) electrons. The molecule has 3 N–H and O–H groups in total. The molecule has 0 saturated heterocycles. The van der Waals surface area contributed by atoms with Crippen LogP contribution in [0.5, 0.6) is 11.5 Å². The zero-order valence-electron chi connectivity index (χ0n) is 8.48. The van der Waals surface area contributed by atoms with Crippen LogP contribution in [0, 0.1) is 0 Å². The summed E-state index contributed by atoms with van der Waals surface area (Å²) in [5.41, 5.74) is 6.99. The van der Waals surface area contributed by atoms with E-state index in [1.807, 2.05) is 18.2 Å². The molecule has 1 heterocycles. The molecule has 1 aliphatic heterocycles. The second kappa shape index (κ2) is 4.51. The lowest BCUT2D eigenvalue weighted by Gasteiger charge is -2.11. The minimum Gasteiger partial charge on any atom is -0.454 e. The lowest BCUT2D eigenvalue weighted by molar-refractivity contribution is 0.174. The molecule has 82 valence electrons. The molecule has 4 nitrogen and oxygen atoms in total. The van der Waals surface area contributed by atoms with Crippen molar-refractivity contribution < 1.29 is 14.6 Å². The summed E-state index contributed by atoms with van der Waals surface area (Å²) in [5.74, 6) is 1.53. The van der Waals surface area contributed by atoms with Gasteiger partial charge in [-0.15, -0.1) is 0 Å². The largest absolute Gasteiger partial charge is 0.454 e. The molecule has 15 heavy (non-hydrogen) atoms. The van der Waals surface area contributed by atoms with Gasteiger partial charge in [0.05, 0.1) is 0 Å². The van der Waals surface area contributed by atoms with Crippen molar-refractivity contribution in [2.24, 2.45) is 5.73 Å². The van der Waals surface area contributed by atoms with Crippen molar-refractivity contribution in [3.8, 4) is 11.5 Å². The molecule has 4 heteroatoms. The molecule has 1 aromatic carbocycles. The summed E-state index contributed by atoms with van der Waals surface area (Å²) in [6.45, 7) is 0.461. The first-order valence-corrected chi connectivity index (χ1v) is 5.07. The van der Waals surface area contributed by atoms with E-state index < -0.39 is 0 Å². The Bertz CT molecular complexity index is 341. The van der Waals surface area contributed by atoms with Gasteiger partial charge in [-0.05, 0) is 30.5 Å². The third-order valence-corrected chi connectivity index (χ3v) is 2.50. The fourth-order valence-corrected chi connectivity index (χ4v) is 1.62. The van der Waals surface area contributed by atoms with E-state index >= 15 is 0 Å². The van der Waals surface area contributed by atoms with Crippen LogP contribution in [0.4, 0.5) is 0 Å². The van der Waals surface area contributed by atoms with E-state index in [-0.39, 0.29) is 19.4 Å². The molecular formula is C11H15NO3. The molecule has 2 rings (SSSR count). The molecule has 0 fully saturated rings. The number of aliphatic hydroxyl groups excluding tert-OH is 1. The van der Waals surface area contributed by atoms with Crippen LogP contribution in [0.2, 0.25) is 0 Å². The Kier molecular flexibility index (Phi) is 3.08. The third kappa shape index (κ3) is 2.22. The Morgan fingerprint density at radius 2 is 2.13 bits per heavy atom. The fourth-order valence-electron chi connectivity index (χ4n) is 1.62. The second-order valence-corrected chi connectivity index (χ2v) is 3.59. The topological polar surface area (TPSA) is 64.7 Å². The van der Waals surface area contributed by atoms with Crippen molar-refractivity contribution in [1.82, 2.24) is 0 Å². The number of rotatable bonds is 4. The maximum Gasteiger partial charge on any atom is 0.231 e. The number of benzene rings is 1. The molecule has 0 amide bonds. The van der Waals surface area contributed by atoms with Crippen molar-refractivity contribution >= 4 is 0 Å². The molecule has 1 unspecified atom stereocenters. The first kappa shape index (κ1) is 10.3. The molecule has 0 spiro atoms. The number of nitrogens with two attached hydrogens (primary N) is 1. The molecule has 0 saturated carbocycles. The second-order valence-electron chi connectivity index (χ2n) is 3.59. The van der Waals surface area contributed by atoms with Crippen molar-refractivity contribution in [2.75, 3.05) is 13.4 Å². The highest BCUT2D eigenvalue weighted by Crippen LogP contribution is 2.34. The summed E-state index contributed by atoms with van der Waals surface area (Å²) in [6.07, 6.45) is 1.49. The number of ether oxygens (including phenoxy) is 2. The number of hydrogen-bond acceptors (Lipinski definition) is 4. The Morgan fingerprint density at radius 3 is 2.93 bits per heavy atom. The van der Waals surface area contributed by atoms with Crippen LogP contribution in [0.15, 0.2) is 18.2 Å². The van der Waals surface area contributed by atoms with E-state index in [0.29, 0.717) is 0 Å². The molecular weight excluding hydrogens is 194 g/mol. The summed E-state index contributed by atoms with van der Waals surface area (Å²) in [6, 6.07) is 5.67. The highest BCUT2D eigenvalue weighted by Gasteiger charge is 2.15. The van der Waals surface area contributed by atoms with Crippen LogP contribution >= 0.6 is 0 Å². The van der Waals surface area contributed by atoms with E-state index in [1.54, 1.807) is 0 Å². The number of fused-ring (bicyclic) bond motifs is 1. The van der Waals surface area contributed by atoms with Crippen molar-refractivity contribution in [2.45, 2.75) is 18.9 Å². The van der Waals surface area contributed by atoms with Gasteiger partial charge in [0.2, 0.25) is 6.79 Å². The fraction of sp³-hybridized carbons (Fsp3) is 0.455. The predicted octanol–water partition coefficient (Wildman–Crippen LogP) is 1.19. The van der Waals surface area contributed by atoms with E-state index in [9.17, 15) is 0 Å². The van der Waals surface area contributed by atoms with E-state index in [4.69, 9.17) is 20.3 Å². The standard InChI is InChI=1S/C11H15NO3/c12-9(2-1-5-13)8-3-4-10-11(6-8)15-7-14-10/h3-4,6,9,13H,1-2,5,7,12H2. The highest BCUT2D eigenvalue weighted by molar-refractivity contribution is 5.45. The number of hydrogen-bond donors (Lipinski definition) is 2. The van der Waals surface area contributed by atoms with Crippen LogP contribution in [0.25, 0.3) is 0 Å². The highest BCUT2D eigenvalue weighted by atomic mass is 16.7. The lowest BCUT2D eigenvalue weighted by Crippen LogP contribution is -2.10. The zero-order chi connectivity index (χ0) is 10.7. The average molecular weight is 209 g/mol. The van der Waals surface area contributed by atoms with Gasteiger partial charge in [0, 0.05) is 12.6 Å². The summed E-state index contributed by atoms with van der Waals surface area (Å²) in [7, 11) is 0. The van der Waals surface area contributed by atoms with Gasteiger partial charge >= 0.3 is 0 Å². The minimum absolute atomic E-state index is 0.0494. The van der Waals surface area contributed by atoms with E-state index in [2.05, 4.69) is 0 Å². The summed E-state index contributed by atoms with van der Waals surface area (Å²) in [5, 5.41) is 8.72. The van der Waals surface area contributed by atoms with E-state index in [0.717, 1.165) is 29.9 Å². The van der Waals surface area contributed by atoms with Crippen LogP contribution in [-0.2, 0) is 0 Å². The van der Waals surface area contributed by atoms with Crippen LogP contribution in [0.1, 0.15) is 24.4 Å². The van der Waals surface area contributed by atoms with Crippen LogP contribution < -0.4 is 15.2 Å². The minimum atomic E-state index is -0.0494.